The van der Waals surface area contributed by atoms with E-state index < -0.39 is 5.60 Å². The highest BCUT2D eigenvalue weighted by molar-refractivity contribution is 5.69. The van der Waals surface area contributed by atoms with Crippen LogP contribution < -0.4 is 0 Å². The standard InChI is InChI=1S/C13H23NO3/c1-13(2,3)17-12(16)14-10(4-5-15)6-9-7-11(14)8-9/h9-11,15H,4-8H2,1-3H3. The first kappa shape index (κ1) is 12.7. The van der Waals surface area contributed by atoms with Crippen LogP contribution >= 0.6 is 0 Å². The van der Waals surface area contributed by atoms with E-state index in [0.717, 1.165) is 25.2 Å². The number of piperidine rings is 2. The fourth-order valence-corrected chi connectivity index (χ4v) is 2.94. The van der Waals surface area contributed by atoms with Gasteiger partial charge in [0.05, 0.1) is 0 Å². The second-order valence-corrected chi connectivity index (χ2v) is 6.28. The summed E-state index contributed by atoms with van der Waals surface area (Å²) in [5.74, 6) is 0.759. The summed E-state index contributed by atoms with van der Waals surface area (Å²) in [5.41, 5.74) is -0.443. The fourth-order valence-electron chi connectivity index (χ4n) is 2.94. The van der Waals surface area contributed by atoms with E-state index in [0.29, 0.717) is 12.5 Å². The van der Waals surface area contributed by atoms with Gasteiger partial charge in [0.15, 0.2) is 0 Å². The van der Waals surface area contributed by atoms with Crippen LogP contribution in [0, 0.1) is 5.92 Å². The molecule has 98 valence electrons. The van der Waals surface area contributed by atoms with Gasteiger partial charge in [0.1, 0.15) is 5.60 Å². The van der Waals surface area contributed by atoms with E-state index in [4.69, 9.17) is 9.84 Å². The minimum absolute atomic E-state index is 0.142. The number of fused-ring (bicyclic) bond motifs is 2. The van der Waals surface area contributed by atoms with Crippen LogP contribution in [0.15, 0.2) is 0 Å². The van der Waals surface area contributed by atoms with Crippen molar-refractivity contribution < 1.29 is 14.6 Å². The van der Waals surface area contributed by atoms with Crippen LogP contribution in [0.1, 0.15) is 46.5 Å². The van der Waals surface area contributed by atoms with Crippen LogP contribution in [0.4, 0.5) is 4.79 Å². The molecule has 3 aliphatic rings. The molecule has 2 aliphatic heterocycles. The number of nitrogens with zero attached hydrogens (tertiary/aromatic N) is 1. The van der Waals surface area contributed by atoms with E-state index in [1.165, 1.54) is 0 Å². The number of hydrogen-bond donors (Lipinski definition) is 1. The molecule has 0 aromatic rings. The van der Waals surface area contributed by atoms with Crippen molar-refractivity contribution in [3.05, 3.63) is 0 Å². The van der Waals surface area contributed by atoms with Gasteiger partial charge in [-0.1, -0.05) is 0 Å². The number of carbonyl (C=O) groups excluding carboxylic acids is 1. The van der Waals surface area contributed by atoms with Gasteiger partial charge in [-0.2, -0.15) is 0 Å². The predicted octanol–water partition coefficient (Wildman–Crippen LogP) is 2.16. The molecule has 2 saturated heterocycles. The minimum Gasteiger partial charge on any atom is -0.444 e. The van der Waals surface area contributed by atoms with Crippen LogP contribution in [0.3, 0.4) is 0 Å². The molecule has 3 rings (SSSR count). The number of aliphatic hydroxyl groups excluding tert-OH is 1. The van der Waals surface area contributed by atoms with Gasteiger partial charge in [-0.05, 0) is 52.4 Å². The molecule has 2 bridgehead atoms. The molecule has 0 aromatic heterocycles. The minimum atomic E-state index is -0.443. The van der Waals surface area contributed by atoms with Crippen molar-refractivity contribution >= 4 is 6.09 Å². The molecule has 4 heteroatoms. The van der Waals surface area contributed by atoms with Crippen LogP contribution in [-0.4, -0.2) is 40.4 Å². The van der Waals surface area contributed by atoms with Gasteiger partial charge in [-0.15, -0.1) is 0 Å². The molecular weight excluding hydrogens is 218 g/mol. The quantitative estimate of drug-likeness (QED) is 0.806. The van der Waals surface area contributed by atoms with E-state index in [2.05, 4.69) is 0 Å². The molecule has 1 amide bonds. The average Bonchev–Trinajstić information content (AvgIpc) is 2.13. The topological polar surface area (TPSA) is 49.8 Å². The second-order valence-electron chi connectivity index (χ2n) is 6.28. The molecular formula is C13H23NO3. The summed E-state index contributed by atoms with van der Waals surface area (Å²) in [4.78, 5) is 14.0. The van der Waals surface area contributed by atoms with Crippen molar-refractivity contribution in [2.75, 3.05) is 6.61 Å². The number of rotatable bonds is 2. The lowest BCUT2D eigenvalue weighted by Crippen LogP contribution is -2.59. The molecule has 1 atom stereocenters. The molecule has 0 spiro atoms. The molecule has 0 aromatic carbocycles. The zero-order valence-corrected chi connectivity index (χ0v) is 11.0. The number of ether oxygens (including phenoxy) is 1. The largest absolute Gasteiger partial charge is 0.444 e. The third-order valence-electron chi connectivity index (χ3n) is 3.67. The number of aliphatic hydroxyl groups is 1. The summed E-state index contributed by atoms with van der Waals surface area (Å²) in [6.07, 6.45) is 3.71. The molecule has 0 radical (unpaired) electrons. The molecule has 4 nitrogen and oxygen atoms in total. The molecule has 1 saturated carbocycles. The third-order valence-corrected chi connectivity index (χ3v) is 3.67. The highest BCUT2D eigenvalue weighted by Crippen LogP contribution is 2.44. The summed E-state index contributed by atoms with van der Waals surface area (Å²) in [7, 11) is 0. The Bertz CT molecular complexity index is 292. The Morgan fingerprint density at radius 1 is 1.35 bits per heavy atom. The van der Waals surface area contributed by atoms with Gasteiger partial charge in [0, 0.05) is 18.7 Å². The summed E-state index contributed by atoms with van der Waals surface area (Å²) in [5, 5.41) is 9.07. The fraction of sp³-hybridized carbons (Fsp3) is 0.923. The lowest BCUT2D eigenvalue weighted by Gasteiger charge is -2.53. The van der Waals surface area contributed by atoms with Gasteiger partial charge < -0.3 is 14.7 Å². The van der Waals surface area contributed by atoms with Gasteiger partial charge in [0.25, 0.3) is 0 Å². The Hall–Kier alpha value is -0.770. The van der Waals surface area contributed by atoms with Gasteiger partial charge >= 0.3 is 6.09 Å². The molecule has 1 N–H and O–H groups in total. The highest BCUT2D eigenvalue weighted by Gasteiger charge is 2.47. The molecule has 1 unspecified atom stereocenters. The number of hydrogen-bond acceptors (Lipinski definition) is 3. The van der Waals surface area contributed by atoms with E-state index >= 15 is 0 Å². The highest BCUT2D eigenvalue weighted by atomic mass is 16.6. The van der Waals surface area contributed by atoms with Crippen LogP contribution in [-0.2, 0) is 4.74 Å². The first-order valence-corrected chi connectivity index (χ1v) is 6.53. The Morgan fingerprint density at radius 2 is 2.00 bits per heavy atom. The van der Waals surface area contributed by atoms with Gasteiger partial charge in [-0.3, -0.25) is 0 Å². The van der Waals surface area contributed by atoms with Crippen LogP contribution in [0.2, 0.25) is 0 Å². The Balaban J connectivity index is 2.02. The second kappa shape index (κ2) is 4.48. The number of amides is 1. The lowest BCUT2D eigenvalue weighted by atomic mass is 9.70. The summed E-state index contributed by atoms with van der Waals surface area (Å²) >= 11 is 0. The molecule has 3 fully saturated rings. The van der Waals surface area contributed by atoms with Crippen molar-refractivity contribution in [2.24, 2.45) is 5.92 Å². The van der Waals surface area contributed by atoms with E-state index in [-0.39, 0.29) is 18.7 Å². The lowest BCUT2D eigenvalue weighted by molar-refractivity contribution is -0.0559. The first-order valence-electron chi connectivity index (χ1n) is 6.53. The molecule has 1 aliphatic carbocycles. The Morgan fingerprint density at radius 3 is 2.53 bits per heavy atom. The third kappa shape index (κ3) is 2.73. The zero-order valence-electron chi connectivity index (χ0n) is 11.0. The normalized spacial score (nSPS) is 32.0. The smallest absolute Gasteiger partial charge is 0.410 e. The SMILES string of the molecule is CC(C)(C)OC(=O)N1C(CCO)CC2CC1C2. The van der Waals surface area contributed by atoms with Crippen molar-refractivity contribution in [2.45, 2.75) is 64.1 Å². The van der Waals surface area contributed by atoms with Gasteiger partial charge in [-0.25, -0.2) is 4.79 Å². The maximum atomic E-state index is 12.2. The van der Waals surface area contributed by atoms with E-state index in [9.17, 15) is 4.79 Å². The summed E-state index contributed by atoms with van der Waals surface area (Å²) in [6, 6.07) is 0.521. The summed E-state index contributed by atoms with van der Waals surface area (Å²) < 4.78 is 5.45. The maximum absolute atomic E-state index is 12.2. The van der Waals surface area contributed by atoms with Crippen molar-refractivity contribution in [1.29, 1.82) is 0 Å². The predicted molar refractivity (Wildman–Crippen MR) is 64.7 cm³/mol. The maximum Gasteiger partial charge on any atom is 0.410 e. The van der Waals surface area contributed by atoms with Crippen LogP contribution in [0.25, 0.3) is 0 Å². The Kier molecular flexibility index (Phi) is 3.34. The van der Waals surface area contributed by atoms with Crippen molar-refractivity contribution in [3.8, 4) is 0 Å². The van der Waals surface area contributed by atoms with Crippen molar-refractivity contribution in [3.63, 3.8) is 0 Å². The van der Waals surface area contributed by atoms with E-state index in [1.54, 1.807) is 0 Å². The molecule has 17 heavy (non-hydrogen) atoms. The van der Waals surface area contributed by atoms with Crippen molar-refractivity contribution in [1.82, 2.24) is 4.90 Å². The van der Waals surface area contributed by atoms with E-state index in [1.807, 2.05) is 25.7 Å². The molecule has 2 heterocycles. The first-order chi connectivity index (χ1) is 7.90. The van der Waals surface area contributed by atoms with Gasteiger partial charge in [0.2, 0.25) is 0 Å². The number of carbonyl (C=O) groups is 1. The summed E-state index contributed by atoms with van der Waals surface area (Å²) in [6.45, 7) is 5.81. The average molecular weight is 241 g/mol. The monoisotopic (exact) mass is 241 g/mol. The van der Waals surface area contributed by atoms with Crippen LogP contribution in [0.5, 0.6) is 0 Å². The zero-order chi connectivity index (χ0) is 12.6. The Labute approximate surface area is 103 Å².